The van der Waals surface area contributed by atoms with Crippen molar-refractivity contribution in [3.05, 3.63) is 59.4 Å². The Kier molecular flexibility index (Phi) is 9.42. The van der Waals surface area contributed by atoms with E-state index in [4.69, 9.17) is 9.47 Å². The topological polar surface area (TPSA) is 122 Å². The summed E-state index contributed by atoms with van der Waals surface area (Å²) in [7, 11) is 0. The fourth-order valence-corrected chi connectivity index (χ4v) is 3.77. The molecule has 0 fully saturated rings. The molecule has 14 heteroatoms. The number of aromatic nitrogens is 3. The van der Waals surface area contributed by atoms with Gasteiger partial charge in [0.1, 0.15) is 11.6 Å². The number of hydrogen-bond acceptors (Lipinski definition) is 9. The van der Waals surface area contributed by atoms with E-state index in [0.29, 0.717) is 49.7 Å². The van der Waals surface area contributed by atoms with Gasteiger partial charge in [-0.25, -0.2) is 4.39 Å². The maximum atomic E-state index is 14.7. The lowest BCUT2D eigenvalue weighted by molar-refractivity contribution is -0.154. The van der Waals surface area contributed by atoms with Crippen LogP contribution < -0.4 is 30.7 Å². The number of hydrogen-bond donors (Lipinski definition) is 4. The van der Waals surface area contributed by atoms with Gasteiger partial charge >= 0.3 is 12.2 Å². The molecular formula is C27H31F4N7O3. The van der Waals surface area contributed by atoms with Crippen molar-refractivity contribution >= 4 is 23.5 Å². The molecule has 220 valence electrons. The van der Waals surface area contributed by atoms with Gasteiger partial charge in [0.2, 0.25) is 11.9 Å². The predicted molar refractivity (Wildman–Crippen MR) is 144 cm³/mol. The molecule has 0 aliphatic carbocycles. The van der Waals surface area contributed by atoms with E-state index in [1.54, 1.807) is 30.3 Å². The van der Waals surface area contributed by atoms with Crippen molar-refractivity contribution in [2.75, 3.05) is 43.5 Å². The van der Waals surface area contributed by atoms with Crippen molar-refractivity contribution in [1.29, 1.82) is 0 Å². The molecule has 41 heavy (non-hydrogen) atoms. The first kappa shape index (κ1) is 29.8. The van der Waals surface area contributed by atoms with Crippen LogP contribution in [-0.2, 0) is 6.54 Å². The third-order valence-corrected chi connectivity index (χ3v) is 5.94. The number of alkyl halides is 3. The second-order valence-electron chi connectivity index (χ2n) is 10.2. The Bertz CT molecular complexity index is 1340. The summed E-state index contributed by atoms with van der Waals surface area (Å²) in [4.78, 5) is 24.6. The molecule has 1 amide bonds. The fourth-order valence-electron chi connectivity index (χ4n) is 3.77. The first-order valence-electron chi connectivity index (χ1n) is 12.9. The third-order valence-electron chi connectivity index (χ3n) is 5.94. The van der Waals surface area contributed by atoms with Gasteiger partial charge in [-0.3, -0.25) is 4.79 Å². The highest BCUT2D eigenvalue weighted by molar-refractivity contribution is 5.94. The first-order valence-corrected chi connectivity index (χ1v) is 12.9. The van der Waals surface area contributed by atoms with Crippen molar-refractivity contribution in [3.8, 4) is 11.8 Å². The van der Waals surface area contributed by atoms with Crippen LogP contribution in [0.15, 0.2) is 42.5 Å². The number of nitrogens with one attached hydrogen (secondary N) is 4. The largest absolute Gasteiger partial charge is 0.493 e. The molecule has 4 N–H and O–H groups in total. The lowest BCUT2D eigenvalue weighted by Gasteiger charge is -2.25. The molecule has 1 aromatic heterocycles. The Morgan fingerprint density at radius 2 is 1.76 bits per heavy atom. The molecule has 0 unspecified atom stereocenters. The standard InChI is InChI=1S/C27H31F4N7O3/c1-26(2)14-32-10-3-11-40-20-9-6-18(21(28)12-20)13-33-23-36-24(38-25(37-23)41-16-27(29,30)31)35-19-7-4-17(5-8-19)22(39)34-15-26/h4-9,12,32H,3,10-11,13-16H2,1-2H3,(H,34,39)(H2,33,35,36,37,38). The van der Waals surface area contributed by atoms with E-state index in [2.05, 4.69) is 36.2 Å². The third kappa shape index (κ3) is 9.45. The fraction of sp³-hybridized carbons (Fsp3) is 0.407. The average molecular weight is 578 g/mol. The summed E-state index contributed by atoms with van der Waals surface area (Å²) < 4.78 is 63.3. The van der Waals surface area contributed by atoms with Crippen LogP contribution in [-0.4, -0.2) is 59.9 Å². The van der Waals surface area contributed by atoms with E-state index in [1.165, 1.54) is 12.1 Å². The van der Waals surface area contributed by atoms with Crippen LogP contribution in [0.1, 0.15) is 36.2 Å². The minimum atomic E-state index is -4.61. The summed E-state index contributed by atoms with van der Waals surface area (Å²) in [5, 5.41) is 11.9. The molecular weight excluding hydrogens is 546 g/mol. The molecule has 0 radical (unpaired) electrons. The Hall–Kier alpha value is -4.20. The van der Waals surface area contributed by atoms with Gasteiger partial charge in [-0.2, -0.15) is 28.1 Å². The number of nitrogens with zero attached hydrogens (tertiary/aromatic N) is 3. The van der Waals surface area contributed by atoms with Crippen LogP contribution in [0.2, 0.25) is 0 Å². The van der Waals surface area contributed by atoms with Gasteiger partial charge in [-0.05, 0) is 48.7 Å². The minimum absolute atomic E-state index is 0.0716. The molecule has 0 saturated carbocycles. The van der Waals surface area contributed by atoms with E-state index in [9.17, 15) is 22.4 Å². The molecule has 7 rings (SSSR count). The van der Waals surface area contributed by atoms with Crippen LogP contribution in [0, 0.1) is 11.2 Å². The monoisotopic (exact) mass is 577 g/mol. The van der Waals surface area contributed by atoms with Crippen LogP contribution >= 0.6 is 0 Å². The number of carbonyl (C=O) groups is 1. The van der Waals surface area contributed by atoms with E-state index in [-0.39, 0.29) is 35.3 Å². The number of halogens is 4. The smallest absolute Gasteiger partial charge is 0.422 e. The van der Waals surface area contributed by atoms with E-state index >= 15 is 0 Å². The van der Waals surface area contributed by atoms with Gasteiger partial charge in [-0.15, -0.1) is 0 Å². The Morgan fingerprint density at radius 1 is 1.00 bits per heavy atom. The van der Waals surface area contributed by atoms with Gasteiger partial charge in [0.05, 0.1) is 6.61 Å². The number of carbonyl (C=O) groups excluding carboxylic acids is 1. The highest BCUT2D eigenvalue weighted by Gasteiger charge is 2.29. The molecule has 10 nitrogen and oxygen atoms in total. The highest BCUT2D eigenvalue weighted by Crippen LogP contribution is 2.22. The zero-order valence-electron chi connectivity index (χ0n) is 22.6. The van der Waals surface area contributed by atoms with Crippen molar-refractivity contribution in [1.82, 2.24) is 25.6 Å². The number of amides is 1. The number of rotatable bonds is 2. The predicted octanol–water partition coefficient (Wildman–Crippen LogP) is 4.44. The Balaban J connectivity index is 1.59. The van der Waals surface area contributed by atoms with Crippen molar-refractivity contribution in [2.24, 2.45) is 5.41 Å². The second kappa shape index (κ2) is 13.0. The van der Waals surface area contributed by atoms with Crippen LogP contribution in [0.5, 0.6) is 11.8 Å². The van der Waals surface area contributed by atoms with Gasteiger partial charge < -0.3 is 30.7 Å². The number of anilines is 3. The first-order chi connectivity index (χ1) is 19.5. The van der Waals surface area contributed by atoms with Gasteiger partial charge in [0.15, 0.2) is 6.61 Å². The van der Waals surface area contributed by atoms with Crippen LogP contribution in [0.3, 0.4) is 0 Å². The number of ether oxygens (including phenoxy) is 2. The van der Waals surface area contributed by atoms with Crippen LogP contribution in [0.25, 0.3) is 0 Å². The Morgan fingerprint density at radius 3 is 2.49 bits per heavy atom. The van der Waals surface area contributed by atoms with Gasteiger partial charge in [-0.1, -0.05) is 19.9 Å². The summed E-state index contributed by atoms with van der Waals surface area (Å²) in [5.41, 5.74) is 0.922. The van der Waals surface area contributed by atoms with E-state index < -0.39 is 24.6 Å². The molecule has 6 bridgehead atoms. The van der Waals surface area contributed by atoms with Gasteiger partial charge in [0.25, 0.3) is 5.91 Å². The molecule has 3 aromatic rings. The zero-order valence-corrected chi connectivity index (χ0v) is 22.6. The number of benzene rings is 2. The molecule has 4 aliphatic rings. The second-order valence-corrected chi connectivity index (χ2v) is 10.2. The van der Waals surface area contributed by atoms with Crippen molar-refractivity contribution in [3.63, 3.8) is 0 Å². The Labute approximate surface area is 234 Å². The average Bonchev–Trinajstić information content (AvgIpc) is 2.91. The van der Waals surface area contributed by atoms with E-state index in [0.717, 1.165) is 0 Å². The normalized spacial score (nSPS) is 16.5. The van der Waals surface area contributed by atoms with Crippen molar-refractivity contribution < 1.29 is 31.8 Å². The van der Waals surface area contributed by atoms with E-state index in [1.807, 2.05) is 13.8 Å². The minimum Gasteiger partial charge on any atom is -0.493 e. The summed E-state index contributed by atoms with van der Waals surface area (Å²) in [5.74, 6) is -0.680. The van der Waals surface area contributed by atoms with Gasteiger partial charge in [0, 0.05) is 42.5 Å². The lowest BCUT2D eigenvalue weighted by Crippen LogP contribution is -2.40. The lowest BCUT2D eigenvalue weighted by atomic mass is 9.93. The summed E-state index contributed by atoms with van der Waals surface area (Å²) in [6.07, 6.45) is -3.92. The summed E-state index contributed by atoms with van der Waals surface area (Å²) in [6, 6.07) is 10.2. The maximum Gasteiger partial charge on any atom is 0.422 e. The van der Waals surface area contributed by atoms with Crippen molar-refractivity contribution in [2.45, 2.75) is 33.0 Å². The summed E-state index contributed by atoms with van der Waals surface area (Å²) >= 11 is 0. The SMILES string of the molecule is CC1(C)CNCCCOc2ccc(c(F)c2)CNc2nc(nc(OCC(F)(F)F)n2)Nc2ccc(cc2)C(=O)NC1. The maximum absolute atomic E-state index is 14.7. The van der Waals surface area contributed by atoms with Crippen LogP contribution in [0.4, 0.5) is 35.1 Å². The molecule has 4 aliphatic heterocycles. The highest BCUT2D eigenvalue weighted by atomic mass is 19.4. The molecule has 2 aromatic carbocycles. The molecule has 0 saturated heterocycles. The summed E-state index contributed by atoms with van der Waals surface area (Å²) in [6.45, 7) is 4.53. The molecule has 5 heterocycles. The quantitative estimate of drug-likeness (QED) is 0.328. The molecule has 0 spiro atoms. The molecule has 0 atom stereocenters. The zero-order chi connectivity index (χ0) is 29.5.